The lowest BCUT2D eigenvalue weighted by molar-refractivity contribution is -0.139. The molecule has 0 saturated carbocycles. The van der Waals surface area contributed by atoms with Crippen LogP contribution in [0.15, 0.2) is 30.4 Å². The Morgan fingerprint density at radius 1 is 1.07 bits per heavy atom. The van der Waals surface area contributed by atoms with Gasteiger partial charge in [0, 0.05) is 17.1 Å². The molecular formula is C25H28O3. The van der Waals surface area contributed by atoms with Crippen LogP contribution < -0.4 is 4.74 Å². The van der Waals surface area contributed by atoms with Gasteiger partial charge in [0.15, 0.2) is 0 Å². The molecule has 1 unspecified atom stereocenters. The van der Waals surface area contributed by atoms with E-state index >= 15 is 0 Å². The topological polar surface area (TPSA) is 35.5 Å². The van der Waals surface area contributed by atoms with Crippen LogP contribution >= 0.6 is 0 Å². The van der Waals surface area contributed by atoms with Crippen LogP contribution in [0.2, 0.25) is 0 Å². The molecule has 2 aromatic carbocycles. The van der Waals surface area contributed by atoms with Crippen LogP contribution in [0.1, 0.15) is 57.0 Å². The van der Waals surface area contributed by atoms with Gasteiger partial charge < -0.3 is 9.47 Å². The highest BCUT2D eigenvalue weighted by molar-refractivity contribution is 5.91. The SMILES string of the molecule is C=C1C(=O)O[C@H]2c3c(C)c(OCc4c(C)cc(C)cc4C)cc(C)c3CCC12. The van der Waals surface area contributed by atoms with Crippen molar-refractivity contribution in [1.82, 2.24) is 0 Å². The van der Waals surface area contributed by atoms with E-state index in [0.717, 1.165) is 29.7 Å². The fourth-order valence-electron chi connectivity index (χ4n) is 4.91. The first-order valence-corrected chi connectivity index (χ1v) is 10.00. The summed E-state index contributed by atoms with van der Waals surface area (Å²) in [7, 11) is 0. The normalized spacial score (nSPS) is 20.6. The van der Waals surface area contributed by atoms with Gasteiger partial charge in [-0.1, -0.05) is 24.3 Å². The average molecular weight is 376 g/mol. The number of carbonyl (C=O) groups is 1. The Morgan fingerprint density at radius 3 is 2.43 bits per heavy atom. The third-order valence-corrected chi connectivity index (χ3v) is 6.43. The molecule has 1 aliphatic heterocycles. The van der Waals surface area contributed by atoms with E-state index in [2.05, 4.69) is 59.4 Å². The van der Waals surface area contributed by atoms with E-state index in [0.29, 0.717) is 12.2 Å². The summed E-state index contributed by atoms with van der Waals surface area (Å²) in [5, 5.41) is 0. The molecule has 3 nitrogen and oxygen atoms in total. The molecule has 2 aromatic rings. The van der Waals surface area contributed by atoms with Crippen LogP contribution in [-0.2, 0) is 22.6 Å². The molecule has 28 heavy (non-hydrogen) atoms. The summed E-state index contributed by atoms with van der Waals surface area (Å²) >= 11 is 0. The molecule has 1 heterocycles. The Hall–Kier alpha value is -2.55. The molecule has 2 aliphatic rings. The fraction of sp³-hybridized carbons (Fsp3) is 0.400. The van der Waals surface area contributed by atoms with Crippen molar-refractivity contribution in [3.8, 4) is 5.75 Å². The predicted molar refractivity (Wildman–Crippen MR) is 111 cm³/mol. The van der Waals surface area contributed by atoms with Gasteiger partial charge in [0.05, 0.1) is 0 Å². The van der Waals surface area contributed by atoms with Crippen molar-refractivity contribution in [2.75, 3.05) is 0 Å². The first kappa shape index (κ1) is 18.8. The van der Waals surface area contributed by atoms with Crippen LogP contribution in [0.5, 0.6) is 5.75 Å². The van der Waals surface area contributed by atoms with Gasteiger partial charge in [-0.05, 0) is 86.9 Å². The summed E-state index contributed by atoms with van der Waals surface area (Å²) in [5.41, 5.74) is 10.4. The van der Waals surface area contributed by atoms with Gasteiger partial charge in [0.25, 0.3) is 0 Å². The number of hydrogen-bond donors (Lipinski definition) is 0. The Kier molecular flexibility index (Phi) is 4.57. The standard InChI is InChI=1S/C25H28O3/c1-13-9-14(2)21(15(3)10-13)12-27-22-11-16(4)19-7-8-20-17(5)25(26)28-24(20)23(19)18(22)6/h9-11,20,24H,5,7-8,12H2,1-4,6H3/t20?,24-/m1/s1. The number of aryl methyl sites for hydroxylation is 4. The lowest BCUT2D eigenvalue weighted by atomic mass is 9.76. The van der Waals surface area contributed by atoms with Crippen molar-refractivity contribution in [2.45, 2.75) is 60.2 Å². The van der Waals surface area contributed by atoms with Gasteiger partial charge in [-0.15, -0.1) is 0 Å². The lowest BCUT2D eigenvalue weighted by Gasteiger charge is -2.30. The van der Waals surface area contributed by atoms with Crippen LogP contribution in [0.4, 0.5) is 0 Å². The zero-order valence-electron chi connectivity index (χ0n) is 17.4. The van der Waals surface area contributed by atoms with Gasteiger partial charge in [-0.2, -0.15) is 0 Å². The zero-order valence-corrected chi connectivity index (χ0v) is 17.4. The van der Waals surface area contributed by atoms with Crippen LogP contribution in [0, 0.1) is 40.5 Å². The first-order valence-electron chi connectivity index (χ1n) is 10.00. The summed E-state index contributed by atoms with van der Waals surface area (Å²) in [4.78, 5) is 12.1. The molecule has 4 rings (SSSR count). The molecule has 1 fully saturated rings. The molecule has 0 amide bonds. The maximum absolute atomic E-state index is 12.1. The predicted octanol–water partition coefficient (Wildman–Crippen LogP) is 5.52. The molecule has 1 aliphatic carbocycles. The third-order valence-electron chi connectivity index (χ3n) is 6.43. The molecule has 0 aromatic heterocycles. The fourth-order valence-corrected chi connectivity index (χ4v) is 4.91. The summed E-state index contributed by atoms with van der Waals surface area (Å²) in [6.07, 6.45) is 1.66. The van der Waals surface area contributed by atoms with Gasteiger partial charge in [-0.25, -0.2) is 4.79 Å². The van der Waals surface area contributed by atoms with Crippen LogP contribution in [0.3, 0.4) is 0 Å². The molecule has 3 heteroatoms. The van der Waals surface area contributed by atoms with E-state index in [-0.39, 0.29) is 18.0 Å². The van der Waals surface area contributed by atoms with Crippen molar-refractivity contribution in [3.63, 3.8) is 0 Å². The maximum atomic E-state index is 12.1. The second kappa shape index (κ2) is 6.80. The highest BCUT2D eigenvalue weighted by atomic mass is 16.6. The van der Waals surface area contributed by atoms with E-state index in [1.54, 1.807) is 0 Å². The van der Waals surface area contributed by atoms with E-state index < -0.39 is 0 Å². The van der Waals surface area contributed by atoms with E-state index in [4.69, 9.17) is 9.47 Å². The first-order chi connectivity index (χ1) is 13.3. The number of ether oxygens (including phenoxy) is 2. The monoisotopic (exact) mass is 376 g/mol. The molecule has 0 N–H and O–H groups in total. The van der Waals surface area contributed by atoms with Gasteiger partial charge >= 0.3 is 5.97 Å². The Bertz CT molecular complexity index is 976. The molecule has 0 radical (unpaired) electrons. The van der Waals surface area contributed by atoms with Crippen molar-refractivity contribution >= 4 is 5.97 Å². The minimum absolute atomic E-state index is 0.0925. The second-order valence-electron chi connectivity index (χ2n) is 8.37. The van der Waals surface area contributed by atoms with Gasteiger partial charge in [-0.3, -0.25) is 0 Å². The molecular weight excluding hydrogens is 348 g/mol. The second-order valence-corrected chi connectivity index (χ2v) is 8.37. The Labute approximate surface area is 167 Å². The number of esters is 1. The Balaban J connectivity index is 1.69. The third kappa shape index (κ3) is 2.94. The largest absolute Gasteiger partial charge is 0.489 e. The smallest absolute Gasteiger partial charge is 0.334 e. The number of benzene rings is 2. The lowest BCUT2D eigenvalue weighted by Crippen LogP contribution is -2.20. The molecule has 0 bridgehead atoms. The zero-order chi connectivity index (χ0) is 20.2. The van der Waals surface area contributed by atoms with E-state index in [9.17, 15) is 4.79 Å². The van der Waals surface area contributed by atoms with Crippen molar-refractivity contribution < 1.29 is 14.3 Å². The van der Waals surface area contributed by atoms with E-state index in [1.807, 2.05) is 0 Å². The highest BCUT2D eigenvalue weighted by Gasteiger charge is 2.44. The van der Waals surface area contributed by atoms with Crippen molar-refractivity contribution in [1.29, 1.82) is 0 Å². The van der Waals surface area contributed by atoms with Crippen LogP contribution in [0.25, 0.3) is 0 Å². The number of hydrogen-bond acceptors (Lipinski definition) is 3. The maximum Gasteiger partial charge on any atom is 0.334 e. The average Bonchev–Trinajstić information content (AvgIpc) is 2.92. The number of fused-ring (bicyclic) bond motifs is 3. The van der Waals surface area contributed by atoms with Crippen LogP contribution in [-0.4, -0.2) is 5.97 Å². The molecule has 0 spiro atoms. The van der Waals surface area contributed by atoms with Gasteiger partial charge in [0.1, 0.15) is 18.5 Å². The van der Waals surface area contributed by atoms with Crippen molar-refractivity contribution in [3.05, 3.63) is 74.9 Å². The Morgan fingerprint density at radius 2 is 1.75 bits per heavy atom. The summed E-state index contributed by atoms with van der Waals surface area (Å²) < 4.78 is 12.0. The molecule has 146 valence electrons. The number of rotatable bonds is 3. The molecule has 1 saturated heterocycles. The minimum atomic E-state index is -0.253. The summed E-state index contributed by atoms with van der Waals surface area (Å²) in [6.45, 7) is 15.1. The summed E-state index contributed by atoms with van der Waals surface area (Å²) in [6, 6.07) is 6.54. The van der Waals surface area contributed by atoms with Crippen molar-refractivity contribution in [2.24, 2.45) is 5.92 Å². The summed E-state index contributed by atoms with van der Waals surface area (Å²) in [5.74, 6) is 0.719. The minimum Gasteiger partial charge on any atom is -0.489 e. The number of carbonyl (C=O) groups excluding carboxylic acids is 1. The highest BCUT2D eigenvalue weighted by Crippen LogP contribution is 2.49. The van der Waals surface area contributed by atoms with Gasteiger partial charge in [0.2, 0.25) is 0 Å². The quantitative estimate of drug-likeness (QED) is 0.522. The molecule has 2 atom stereocenters. The van der Waals surface area contributed by atoms with E-state index in [1.165, 1.54) is 33.4 Å².